The molecule has 0 unspecified atom stereocenters. The first-order valence-electron chi connectivity index (χ1n) is 7.39. The zero-order valence-electron chi connectivity index (χ0n) is 14.0. The fraction of sp³-hybridized carbons (Fsp3) is 0.211. The Kier molecular flexibility index (Phi) is 8.29. The van der Waals surface area contributed by atoms with Crippen LogP contribution in [0.5, 0.6) is 11.5 Å². The lowest BCUT2D eigenvalue weighted by molar-refractivity contribution is -0.660. The molecule has 2 rings (SSSR count). The maximum absolute atomic E-state index is 13.2. The van der Waals surface area contributed by atoms with E-state index in [2.05, 4.69) is 11.8 Å². The van der Waals surface area contributed by atoms with Crippen molar-refractivity contribution in [3.8, 4) is 29.4 Å². The maximum Gasteiger partial charge on any atom is 0.141 e. The predicted molar refractivity (Wildman–Crippen MR) is 88.0 cm³/mol. The Morgan fingerprint density at radius 2 is 1.92 bits per heavy atom. The van der Waals surface area contributed by atoms with Gasteiger partial charge in [0.05, 0.1) is 19.8 Å². The van der Waals surface area contributed by atoms with Gasteiger partial charge in [0.15, 0.2) is 0 Å². The Labute approximate surface area is 153 Å². The van der Waals surface area contributed by atoms with E-state index in [4.69, 9.17) is 14.7 Å². The van der Waals surface area contributed by atoms with Crippen LogP contribution in [-0.2, 0) is 6.54 Å². The molecule has 0 saturated carbocycles. The van der Waals surface area contributed by atoms with Crippen molar-refractivity contribution in [1.82, 2.24) is 0 Å². The molecule has 0 fully saturated rings. The number of quaternary nitrogens is 1. The van der Waals surface area contributed by atoms with Gasteiger partial charge in [-0.25, -0.2) is 4.39 Å². The van der Waals surface area contributed by atoms with Gasteiger partial charge in [-0.15, -0.1) is 0 Å². The standard InChI is InChI=1S/C19H17FN2O2.ClH/c1-23-17-7-6-15(19(11-17)24-2)13-22-9-3-4-14-5-8-18(20)16(10-14)12-21;/h5-8,10-11,22H,9,13H2,1-2H3;1H. The third kappa shape index (κ3) is 5.69. The smallest absolute Gasteiger partial charge is 0.141 e. The first kappa shape index (κ1) is 20.3. The summed E-state index contributed by atoms with van der Waals surface area (Å²) in [6, 6.07) is 11.8. The Morgan fingerprint density at radius 3 is 2.60 bits per heavy atom. The summed E-state index contributed by atoms with van der Waals surface area (Å²) in [5.41, 5.74) is 1.69. The van der Waals surface area contributed by atoms with Crippen molar-refractivity contribution >= 4 is 0 Å². The quantitative estimate of drug-likeness (QED) is 0.540. The Balaban J connectivity index is 0.00000312. The van der Waals surface area contributed by atoms with Crippen LogP contribution < -0.4 is 27.2 Å². The molecule has 0 aliphatic heterocycles. The third-order valence-electron chi connectivity index (χ3n) is 3.42. The summed E-state index contributed by atoms with van der Waals surface area (Å²) >= 11 is 0. The number of hydrogen-bond donors (Lipinski definition) is 1. The summed E-state index contributed by atoms with van der Waals surface area (Å²) < 4.78 is 23.7. The first-order valence-corrected chi connectivity index (χ1v) is 7.39. The summed E-state index contributed by atoms with van der Waals surface area (Å²) in [7, 11) is 3.24. The molecule has 0 bridgehead atoms. The second-order valence-electron chi connectivity index (χ2n) is 4.98. The minimum atomic E-state index is -0.527. The van der Waals surface area contributed by atoms with E-state index in [1.54, 1.807) is 26.4 Å². The van der Waals surface area contributed by atoms with Crippen molar-refractivity contribution in [2.75, 3.05) is 20.8 Å². The van der Waals surface area contributed by atoms with Crippen LogP contribution in [0, 0.1) is 29.0 Å². The van der Waals surface area contributed by atoms with Crippen molar-refractivity contribution < 1.29 is 31.6 Å². The lowest BCUT2D eigenvalue weighted by atomic mass is 10.1. The van der Waals surface area contributed by atoms with E-state index >= 15 is 0 Å². The Morgan fingerprint density at radius 1 is 1.12 bits per heavy atom. The molecule has 130 valence electrons. The highest BCUT2D eigenvalue weighted by Crippen LogP contribution is 2.23. The molecule has 4 nitrogen and oxygen atoms in total. The summed E-state index contributed by atoms with van der Waals surface area (Å²) in [6.45, 7) is 1.29. The number of hydrogen-bond acceptors (Lipinski definition) is 3. The molecule has 0 radical (unpaired) electrons. The molecule has 0 aromatic heterocycles. The van der Waals surface area contributed by atoms with Gasteiger partial charge in [0.25, 0.3) is 0 Å². The van der Waals surface area contributed by atoms with Crippen LogP contribution in [0.3, 0.4) is 0 Å². The van der Waals surface area contributed by atoms with Crippen LogP contribution in [0.1, 0.15) is 16.7 Å². The van der Waals surface area contributed by atoms with Crippen molar-refractivity contribution in [2.45, 2.75) is 6.54 Å². The summed E-state index contributed by atoms with van der Waals surface area (Å²) in [5, 5.41) is 10.8. The van der Waals surface area contributed by atoms with Crippen molar-refractivity contribution in [3.05, 3.63) is 58.9 Å². The molecule has 25 heavy (non-hydrogen) atoms. The highest BCUT2D eigenvalue weighted by molar-refractivity contribution is 5.42. The van der Waals surface area contributed by atoms with Gasteiger partial charge in [0.1, 0.15) is 36.5 Å². The van der Waals surface area contributed by atoms with Gasteiger partial charge in [-0.3, -0.25) is 0 Å². The topological polar surface area (TPSA) is 58.9 Å². The number of nitrogens with zero attached hydrogens (tertiary/aromatic N) is 1. The van der Waals surface area contributed by atoms with Gasteiger partial charge in [0.2, 0.25) is 0 Å². The molecule has 2 aromatic rings. The first-order chi connectivity index (χ1) is 11.7. The lowest BCUT2D eigenvalue weighted by Gasteiger charge is -2.08. The molecule has 2 N–H and O–H groups in total. The number of halogens is 2. The molecule has 2 aromatic carbocycles. The van der Waals surface area contributed by atoms with E-state index in [1.165, 1.54) is 12.1 Å². The van der Waals surface area contributed by atoms with Crippen molar-refractivity contribution in [2.24, 2.45) is 0 Å². The monoisotopic (exact) mass is 360 g/mol. The van der Waals surface area contributed by atoms with E-state index in [-0.39, 0.29) is 18.0 Å². The fourth-order valence-electron chi connectivity index (χ4n) is 2.16. The maximum atomic E-state index is 13.2. The van der Waals surface area contributed by atoms with E-state index in [0.29, 0.717) is 18.7 Å². The molecule has 0 spiro atoms. The third-order valence-corrected chi connectivity index (χ3v) is 3.42. The van der Waals surface area contributed by atoms with Gasteiger partial charge in [-0.1, -0.05) is 5.92 Å². The molecule has 0 saturated heterocycles. The van der Waals surface area contributed by atoms with E-state index in [0.717, 1.165) is 17.1 Å². The number of rotatable bonds is 5. The molecule has 0 heterocycles. The van der Waals surface area contributed by atoms with E-state index in [9.17, 15) is 4.39 Å². The zero-order valence-corrected chi connectivity index (χ0v) is 14.7. The normalized spacial score (nSPS) is 9.20. The second-order valence-corrected chi connectivity index (χ2v) is 4.98. The second kappa shape index (κ2) is 10.2. The number of methoxy groups -OCH3 is 2. The molecule has 6 heteroatoms. The minimum Gasteiger partial charge on any atom is -1.00 e. The molecular formula is C19H18ClFN2O2. The molecule has 0 atom stereocenters. The summed E-state index contributed by atoms with van der Waals surface area (Å²) in [4.78, 5) is 0. The average molecular weight is 361 g/mol. The highest BCUT2D eigenvalue weighted by atomic mass is 35.5. The van der Waals surface area contributed by atoms with Crippen LogP contribution in [-0.4, -0.2) is 20.8 Å². The molecular weight excluding hydrogens is 343 g/mol. The van der Waals surface area contributed by atoms with E-state index < -0.39 is 5.82 Å². The fourth-order valence-corrected chi connectivity index (χ4v) is 2.16. The zero-order chi connectivity index (χ0) is 17.4. The number of nitriles is 1. The van der Waals surface area contributed by atoms with Crippen LogP contribution in [0.2, 0.25) is 0 Å². The van der Waals surface area contributed by atoms with Crippen molar-refractivity contribution in [3.63, 3.8) is 0 Å². The summed E-state index contributed by atoms with van der Waals surface area (Å²) in [5.74, 6) is 6.93. The van der Waals surface area contributed by atoms with Gasteiger partial charge >= 0.3 is 0 Å². The summed E-state index contributed by atoms with van der Waals surface area (Å²) in [6.07, 6.45) is 0. The average Bonchev–Trinajstić information content (AvgIpc) is 2.62. The highest BCUT2D eigenvalue weighted by Gasteiger charge is 2.06. The molecule has 0 aliphatic rings. The van der Waals surface area contributed by atoms with Gasteiger partial charge in [0, 0.05) is 17.2 Å². The number of benzene rings is 2. The van der Waals surface area contributed by atoms with E-state index in [1.807, 2.05) is 23.5 Å². The number of ether oxygens (including phenoxy) is 2. The Hall–Kier alpha value is -2.73. The van der Waals surface area contributed by atoms with Crippen LogP contribution in [0.15, 0.2) is 36.4 Å². The van der Waals surface area contributed by atoms with Crippen LogP contribution >= 0.6 is 0 Å². The van der Waals surface area contributed by atoms with Gasteiger partial charge < -0.3 is 27.2 Å². The van der Waals surface area contributed by atoms with Crippen molar-refractivity contribution in [1.29, 1.82) is 5.26 Å². The minimum absolute atomic E-state index is 0. The lowest BCUT2D eigenvalue weighted by Crippen LogP contribution is -3.00. The molecule has 0 amide bonds. The van der Waals surface area contributed by atoms with Gasteiger partial charge in [-0.05, 0) is 36.3 Å². The molecule has 0 aliphatic carbocycles. The van der Waals surface area contributed by atoms with Crippen LogP contribution in [0.4, 0.5) is 4.39 Å². The SMILES string of the molecule is COc1ccc(C[NH2+]CC#Cc2ccc(F)c(C#N)c2)c(OC)c1.[Cl-]. The Bertz CT molecular complexity index is 822. The number of nitrogens with two attached hydrogens (primary N) is 1. The largest absolute Gasteiger partial charge is 1.00 e. The van der Waals surface area contributed by atoms with Gasteiger partial charge in [-0.2, -0.15) is 5.26 Å². The predicted octanol–water partition coefficient (Wildman–Crippen LogP) is -1.17. The van der Waals surface area contributed by atoms with Crippen LogP contribution in [0.25, 0.3) is 0 Å².